The van der Waals surface area contributed by atoms with Gasteiger partial charge in [-0.3, -0.25) is 0 Å². The van der Waals surface area contributed by atoms with Crippen molar-refractivity contribution in [1.82, 2.24) is 4.31 Å². The zero-order valence-electron chi connectivity index (χ0n) is 10.3. The average Bonchev–Trinajstić information content (AvgIpc) is 2.67. The van der Waals surface area contributed by atoms with Gasteiger partial charge in [-0.1, -0.05) is 26.0 Å². The molecule has 0 aromatic heterocycles. The van der Waals surface area contributed by atoms with Gasteiger partial charge in [0, 0.05) is 18.0 Å². The van der Waals surface area contributed by atoms with E-state index in [2.05, 4.69) is 35.5 Å². The Morgan fingerprint density at radius 1 is 1.38 bits per heavy atom. The summed E-state index contributed by atoms with van der Waals surface area (Å²) in [7, 11) is 0. The lowest BCUT2D eigenvalue weighted by Crippen LogP contribution is -2.13. The van der Waals surface area contributed by atoms with Gasteiger partial charge < -0.3 is 5.11 Å². The Morgan fingerprint density at radius 2 is 2.12 bits per heavy atom. The minimum absolute atomic E-state index is 0.132. The summed E-state index contributed by atoms with van der Waals surface area (Å²) in [4.78, 5) is 1.26. The predicted octanol–water partition coefficient (Wildman–Crippen LogP) is 3.09. The molecule has 2 rings (SSSR count). The van der Waals surface area contributed by atoms with E-state index < -0.39 is 0 Å². The summed E-state index contributed by atoms with van der Waals surface area (Å²) in [6.45, 7) is 7.88. The fraction of sp³-hybridized carbons (Fsp3) is 0.538. The molecule has 1 heterocycles. The summed E-state index contributed by atoms with van der Waals surface area (Å²) >= 11 is 1.74. The van der Waals surface area contributed by atoms with Crippen molar-refractivity contribution in [2.75, 3.05) is 13.1 Å². The van der Waals surface area contributed by atoms with Crippen molar-refractivity contribution in [2.24, 2.45) is 0 Å². The van der Waals surface area contributed by atoms with Crippen LogP contribution in [0.3, 0.4) is 0 Å². The zero-order valence-corrected chi connectivity index (χ0v) is 11.1. The number of hydrogen-bond donors (Lipinski definition) is 1. The minimum Gasteiger partial charge on any atom is -0.392 e. The molecule has 1 aromatic rings. The first kappa shape index (κ1) is 13.6. The molecule has 1 aliphatic heterocycles. The van der Waals surface area contributed by atoms with Crippen molar-refractivity contribution in [1.29, 1.82) is 0 Å². The molecule has 0 bridgehead atoms. The molecule has 0 aliphatic carbocycles. The van der Waals surface area contributed by atoms with E-state index in [1.165, 1.54) is 10.5 Å². The van der Waals surface area contributed by atoms with E-state index in [9.17, 15) is 5.11 Å². The Morgan fingerprint density at radius 3 is 2.69 bits per heavy atom. The van der Waals surface area contributed by atoms with Gasteiger partial charge in [0.15, 0.2) is 0 Å². The molecule has 0 radical (unpaired) electrons. The molecule has 0 amide bonds. The van der Waals surface area contributed by atoms with Gasteiger partial charge in [0.25, 0.3) is 0 Å². The SMILES string of the molecule is CC.Cc1cccc(SN2CCC(O)C2)c1. The van der Waals surface area contributed by atoms with Crippen molar-refractivity contribution in [2.45, 2.75) is 38.2 Å². The summed E-state index contributed by atoms with van der Waals surface area (Å²) in [6, 6.07) is 8.46. The molecule has 3 heteroatoms. The first-order chi connectivity index (χ1) is 7.74. The smallest absolute Gasteiger partial charge is 0.0689 e. The number of benzene rings is 1. The van der Waals surface area contributed by atoms with Gasteiger partial charge in [-0.25, -0.2) is 4.31 Å². The molecule has 16 heavy (non-hydrogen) atoms. The lowest BCUT2D eigenvalue weighted by atomic mass is 10.2. The molecule has 1 aromatic carbocycles. The Bertz CT molecular complexity index is 317. The average molecular weight is 239 g/mol. The van der Waals surface area contributed by atoms with Crippen LogP contribution in [0.1, 0.15) is 25.8 Å². The fourth-order valence-electron chi connectivity index (χ4n) is 1.61. The zero-order chi connectivity index (χ0) is 12.0. The van der Waals surface area contributed by atoms with Crippen LogP contribution in [-0.2, 0) is 0 Å². The maximum absolute atomic E-state index is 9.38. The quantitative estimate of drug-likeness (QED) is 0.802. The van der Waals surface area contributed by atoms with Crippen LogP contribution >= 0.6 is 11.9 Å². The molecule has 0 saturated carbocycles. The second kappa shape index (κ2) is 6.94. The first-order valence-electron chi connectivity index (χ1n) is 5.92. The lowest BCUT2D eigenvalue weighted by Gasteiger charge is -2.13. The number of β-amino-alcohol motifs (C(OH)–C–C–N with tert-alkyl or cyclic N) is 1. The van der Waals surface area contributed by atoms with Crippen LogP contribution in [0.5, 0.6) is 0 Å². The highest BCUT2D eigenvalue weighted by Crippen LogP contribution is 2.27. The normalized spacial score (nSPS) is 20.4. The molecule has 1 atom stereocenters. The third-order valence-corrected chi connectivity index (χ3v) is 3.40. The van der Waals surface area contributed by atoms with Gasteiger partial charge in [0.1, 0.15) is 0 Å². The number of aryl methyl sites for hydroxylation is 1. The molecule has 1 fully saturated rings. The fourth-order valence-corrected chi connectivity index (χ4v) is 2.73. The van der Waals surface area contributed by atoms with Crippen LogP contribution in [0.25, 0.3) is 0 Å². The summed E-state index contributed by atoms with van der Waals surface area (Å²) in [5, 5.41) is 9.38. The molecule has 90 valence electrons. The van der Waals surface area contributed by atoms with E-state index in [0.717, 1.165) is 19.5 Å². The number of aliphatic hydroxyl groups is 1. The molecular formula is C13H21NOS. The van der Waals surface area contributed by atoms with E-state index >= 15 is 0 Å². The second-order valence-electron chi connectivity index (χ2n) is 3.74. The second-order valence-corrected chi connectivity index (χ2v) is 4.91. The molecule has 1 N–H and O–H groups in total. The molecule has 0 spiro atoms. The van der Waals surface area contributed by atoms with Crippen molar-refractivity contribution in [3.05, 3.63) is 29.8 Å². The lowest BCUT2D eigenvalue weighted by molar-refractivity contribution is 0.190. The summed E-state index contributed by atoms with van der Waals surface area (Å²) in [5.41, 5.74) is 1.29. The Hall–Kier alpha value is -0.510. The van der Waals surface area contributed by atoms with Crippen LogP contribution in [0.2, 0.25) is 0 Å². The van der Waals surface area contributed by atoms with Crippen LogP contribution < -0.4 is 0 Å². The molecule has 1 unspecified atom stereocenters. The van der Waals surface area contributed by atoms with Crippen molar-refractivity contribution in [3.8, 4) is 0 Å². The number of nitrogens with zero attached hydrogens (tertiary/aromatic N) is 1. The summed E-state index contributed by atoms with van der Waals surface area (Å²) in [6.07, 6.45) is 0.769. The molecular weight excluding hydrogens is 218 g/mol. The number of rotatable bonds is 2. The standard InChI is InChI=1S/C11H15NOS.C2H6/c1-9-3-2-4-11(7-9)14-12-6-5-10(13)8-12;1-2/h2-4,7,10,13H,5-6,8H2,1H3;1-2H3. The number of hydrogen-bond acceptors (Lipinski definition) is 3. The van der Waals surface area contributed by atoms with E-state index in [1.54, 1.807) is 11.9 Å². The number of aliphatic hydroxyl groups excluding tert-OH is 1. The monoisotopic (exact) mass is 239 g/mol. The highest BCUT2D eigenvalue weighted by atomic mass is 32.2. The Labute approximate surface area is 103 Å². The van der Waals surface area contributed by atoms with Gasteiger partial charge in [0.05, 0.1) is 6.10 Å². The Balaban J connectivity index is 0.000000606. The van der Waals surface area contributed by atoms with Crippen LogP contribution in [0.15, 0.2) is 29.2 Å². The van der Waals surface area contributed by atoms with Crippen molar-refractivity contribution < 1.29 is 5.11 Å². The topological polar surface area (TPSA) is 23.5 Å². The van der Waals surface area contributed by atoms with Crippen molar-refractivity contribution in [3.63, 3.8) is 0 Å². The summed E-state index contributed by atoms with van der Waals surface area (Å²) < 4.78 is 2.22. The molecule has 1 aliphatic rings. The van der Waals surface area contributed by atoms with Gasteiger partial charge in [-0.05, 0) is 43.0 Å². The maximum atomic E-state index is 9.38. The molecule has 2 nitrogen and oxygen atoms in total. The highest BCUT2D eigenvalue weighted by molar-refractivity contribution is 7.97. The van der Waals surface area contributed by atoms with E-state index in [-0.39, 0.29) is 6.10 Å². The third-order valence-electron chi connectivity index (χ3n) is 2.35. The highest BCUT2D eigenvalue weighted by Gasteiger charge is 2.20. The van der Waals surface area contributed by atoms with Crippen LogP contribution in [-0.4, -0.2) is 28.6 Å². The maximum Gasteiger partial charge on any atom is 0.0689 e. The summed E-state index contributed by atoms with van der Waals surface area (Å²) in [5.74, 6) is 0. The van der Waals surface area contributed by atoms with Gasteiger partial charge in [-0.2, -0.15) is 0 Å². The predicted molar refractivity (Wildman–Crippen MR) is 70.6 cm³/mol. The van der Waals surface area contributed by atoms with Gasteiger partial charge in [-0.15, -0.1) is 0 Å². The van der Waals surface area contributed by atoms with Gasteiger partial charge >= 0.3 is 0 Å². The van der Waals surface area contributed by atoms with E-state index in [4.69, 9.17) is 0 Å². The van der Waals surface area contributed by atoms with Crippen LogP contribution in [0, 0.1) is 6.92 Å². The molecule has 1 saturated heterocycles. The van der Waals surface area contributed by atoms with E-state index in [0.29, 0.717) is 0 Å². The minimum atomic E-state index is -0.132. The largest absolute Gasteiger partial charge is 0.392 e. The third kappa shape index (κ3) is 4.16. The van der Waals surface area contributed by atoms with E-state index in [1.807, 2.05) is 13.8 Å². The first-order valence-corrected chi connectivity index (χ1v) is 6.69. The Kier molecular flexibility index (Phi) is 5.88. The van der Waals surface area contributed by atoms with Crippen molar-refractivity contribution >= 4 is 11.9 Å². The van der Waals surface area contributed by atoms with Crippen LogP contribution in [0.4, 0.5) is 0 Å². The van der Waals surface area contributed by atoms with Gasteiger partial charge in [0.2, 0.25) is 0 Å².